The molecule has 0 spiro atoms. The zero-order chi connectivity index (χ0) is 14.2. The zero-order valence-electron chi connectivity index (χ0n) is 9.15. The molecule has 0 aliphatic heterocycles. The Morgan fingerprint density at radius 2 is 1.95 bits per heavy atom. The molecule has 0 fully saturated rings. The van der Waals surface area contributed by atoms with E-state index in [0.29, 0.717) is 0 Å². The van der Waals surface area contributed by atoms with Crippen LogP contribution in [0.15, 0.2) is 29.2 Å². The highest BCUT2D eigenvalue weighted by atomic mass is 35.5. The van der Waals surface area contributed by atoms with Gasteiger partial charge in [0, 0.05) is 0 Å². The number of rotatable bonds is 3. The van der Waals surface area contributed by atoms with Crippen molar-refractivity contribution in [3.05, 3.63) is 38.8 Å². The van der Waals surface area contributed by atoms with Gasteiger partial charge >= 0.3 is 0 Å². The van der Waals surface area contributed by atoms with Crippen LogP contribution in [-0.4, -0.2) is 8.42 Å². The number of nitrogen functional groups attached to an aromatic ring is 1. The number of thiophene rings is 1. The minimum atomic E-state index is -3.89. The van der Waals surface area contributed by atoms with E-state index in [1.54, 1.807) is 0 Å². The Hall–Kier alpha value is -1.02. The Labute approximate surface area is 123 Å². The summed E-state index contributed by atoms with van der Waals surface area (Å²) in [6, 6.07) is 4.74. The quantitative estimate of drug-likeness (QED) is 0.838. The fourth-order valence-corrected chi connectivity index (χ4v) is 4.53. The molecule has 1 aromatic heterocycles. The van der Waals surface area contributed by atoms with Crippen molar-refractivity contribution >= 4 is 55.9 Å². The molecular formula is C10H7Cl2FN2O2S2. The largest absolute Gasteiger partial charge is 0.396 e. The van der Waals surface area contributed by atoms with Gasteiger partial charge in [0.25, 0.3) is 10.0 Å². The van der Waals surface area contributed by atoms with Crippen LogP contribution in [0.1, 0.15) is 0 Å². The van der Waals surface area contributed by atoms with Crippen molar-refractivity contribution < 1.29 is 12.8 Å². The van der Waals surface area contributed by atoms with Crippen LogP contribution < -0.4 is 10.5 Å². The Bertz CT molecular complexity index is 731. The highest BCUT2D eigenvalue weighted by Gasteiger charge is 2.21. The van der Waals surface area contributed by atoms with Crippen LogP contribution in [0.25, 0.3) is 0 Å². The molecule has 1 aromatic carbocycles. The Morgan fingerprint density at radius 1 is 1.26 bits per heavy atom. The number of benzene rings is 1. The molecule has 9 heteroatoms. The van der Waals surface area contributed by atoms with Crippen molar-refractivity contribution in [2.45, 2.75) is 4.90 Å². The van der Waals surface area contributed by atoms with Gasteiger partial charge in [-0.2, -0.15) is 0 Å². The molecule has 0 bridgehead atoms. The van der Waals surface area contributed by atoms with Gasteiger partial charge in [-0.05, 0) is 24.3 Å². The maximum Gasteiger partial charge on any atom is 0.264 e. The van der Waals surface area contributed by atoms with Gasteiger partial charge in [-0.25, -0.2) is 12.8 Å². The molecule has 3 N–H and O–H groups in total. The summed E-state index contributed by atoms with van der Waals surface area (Å²) in [6.07, 6.45) is 0. The van der Waals surface area contributed by atoms with Crippen molar-refractivity contribution in [1.82, 2.24) is 0 Å². The first kappa shape index (κ1) is 14.4. The van der Waals surface area contributed by atoms with E-state index in [-0.39, 0.29) is 24.9 Å². The van der Waals surface area contributed by atoms with E-state index in [0.717, 1.165) is 17.4 Å². The second-order valence-corrected chi connectivity index (χ2v) is 7.47. The van der Waals surface area contributed by atoms with E-state index < -0.39 is 15.8 Å². The molecule has 1 heterocycles. The molecule has 0 radical (unpaired) electrons. The smallest absolute Gasteiger partial charge is 0.264 e. The summed E-state index contributed by atoms with van der Waals surface area (Å²) in [6.45, 7) is 0. The standard InChI is InChI=1S/C10H7Cl2FN2O2S2/c11-9-4-8(10(12)18-9)19(16,17)15-5-1-2-6(13)7(14)3-5/h1-4,15H,14H2. The van der Waals surface area contributed by atoms with Crippen LogP contribution in [-0.2, 0) is 10.0 Å². The Kier molecular flexibility index (Phi) is 3.91. The van der Waals surface area contributed by atoms with Crippen LogP contribution in [0.2, 0.25) is 8.67 Å². The molecule has 102 valence electrons. The van der Waals surface area contributed by atoms with Crippen molar-refractivity contribution in [1.29, 1.82) is 0 Å². The second kappa shape index (κ2) is 5.16. The zero-order valence-corrected chi connectivity index (χ0v) is 12.3. The molecule has 0 atom stereocenters. The highest BCUT2D eigenvalue weighted by Crippen LogP contribution is 2.35. The number of anilines is 2. The Morgan fingerprint density at radius 3 is 2.47 bits per heavy atom. The van der Waals surface area contributed by atoms with Gasteiger partial charge in [-0.15, -0.1) is 11.3 Å². The first-order valence-electron chi connectivity index (χ1n) is 4.82. The van der Waals surface area contributed by atoms with Crippen molar-refractivity contribution in [2.75, 3.05) is 10.5 Å². The van der Waals surface area contributed by atoms with Gasteiger partial charge in [-0.3, -0.25) is 4.72 Å². The van der Waals surface area contributed by atoms with Crippen LogP contribution in [0.5, 0.6) is 0 Å². The van der Waals surface area contributed by atoms with Gasteiger partial charge in [0.2, 0.25) is 0 Å². The number of nitrogens with one attached hydrogen (secondary N) is 1. The number of sulfonamides is 1. The van der Waals surface area contributed by atoms with E-state index in [2.05, 4.69) is 4.72 Å². The minimum absolute atomic E-state index is 0.0487. The SMILES string of the molecule is Nc1cc(NS(=O)(=O)c2cc(Cl)sc2Cl)ccc1F. The van der Waals surface area contributed by atoms with E-state index in [1.807, 2.05) is 0 Å². The summed E-state index contributed by atoms with van der Waals surface area (Å²) in [7, 11) is -3.89. The molecule has 4 nitrogen and oxygen atoms in total. The molecule has 0 aliphatic rings. The predicted molar refractivity (Wildman–Crippen MR) is 76.0 cm³/mol. The van der Waals surface area contributed by atoms with E-state index in [1.165, 1.54) is 18.2 Å². The Balaban J connectivity index is 2.36. The maximum absolute atomic E-state index is 13.0. The molecule has 0 saturated carbocycles. The van der Waals surface area contributed by atoms with Crippen LogP contribution >= 0.6 is 34.5 Å². The summed E-state index contributed by atoms with van der Waals surface area (Å²) in [5.41, 5.74) is 5.34. The van der Waals surface area contributed by atoms with Gasteiger partial charge in [0.05, 0.1) is 15.7 Å². The highest BCUT2D eigenvalue weighted by molar-refractivity contribution is 7.93. The molecule has 19 heavy (non-hydrogen) atoms. The van der Waals surface area contributed by atoms with Gasteiger partial charge in [-0.1, -0.05) is 23.2 Å². The molecule has 0 unspecified atom stereocenters. The second-order valence-electron chi connectivity index (χ2n) is 3.53. The number of nitrogens with two attached hydrogens (primary N) is 1. The van der Waals surface area contributed by atoms with Crippen molar-refractivity contribution in [3.8, 4) is 0 Å². The molecular weight excluding hydrogens is 334 g/mol. The average molecular weight is 341 g/mol. The van der Waals surface area contributed by atoms with Crippen LogP contribution in [0.4, 0.5) is 15.8 Å². The lowest BCUT2D eigenvalue weighted by atomic mass is 10.3. The third-order valence-electron chi connectivity index (χ3n) is 2.16. The third-order valence-corrected chi connectivity index (χ3v) is 5.30. The average Bonchev–Trinajstić information content (AvgIpc) is 2.63. The van der Waals surface area contributed by atoms with Crippen LogP contribution in [0, 0.1) is 5.82 Å². The lowest BCUT2D eigenvalue weighted by Crippen LogP contribution is -2.12. The van der Waals surface area contributed by atoms with E-state index in [4.69, 9.17) is 28.9 Å². The summed E-state index contributed by atoms with van der Waals surface area (Å²) in [4.78, 5) is -0.132. The summed E-state index contributed by atoms with van der Waals surface area (Å²) in [5, 5.41) is 0. The minimum Gasteiger partial charge on any atom is -0.396 e. The number of halogens is 3. The topological polar surface area (TPSA) is 72.2 Å². The molecule has 0 saturated heterocycles. The van der Waals surface area contributed by atoms with E-state index in [9.17, 15) is 12.8 Å². The fraction of sp³-hybridized carbons (Fsp3) is 0. The number of hydrogen-bond donors (Lipinski definition) is 2. The number of hydrogen-bond acceptors (Lipinski definition) is 4. The first-order chi connectivity index (χ1) is 8.79. The van der Waals surface area contributed by atoms with Gasteiger partial charge in [0.1, 0.15) is 15.0 Å². The lowest BCUT2D eigenvalue weighted by molar-refractivity contribution is 0.601. The molecule has 2 aromatic rings. The van der Waals surface area contributed by atoms with E-state index >= 15 is 0 Å². The van der Waals surface area contributed by atoms with Gasteiger partial charge < -0.3 is 5.73 Å². The predicted octanol–water partition coefficient (Wildman–Crippen LogP) is 3.58. The molecule has 2 rings (SSSR count). The maximum atomic E-state index is 13.0. The monoisotopic (exact) mass is 340 g/mol. The third kappa shape index (κ3) is 3.11. The normalized spacial score (nSPS) is 11.5. The summed E-state index contributed by atoms with van der Waals surface area (Å²) < 4.78 is 39.6. The van der Waals surface area contributed by atoms with Gasteiger partial charge in [0.15, 0.2) is 0 Å². The summed E-state index contributed by atoms with van der Waals surface area (Å²) >= 11 is 12.4. The fourth-order valence-electron chi connectivity index (χ4n) is 1.33. The summed E-state index contributed by atoms with van der Waals surface area (Å²) in [5.74, 6) is -0.625. The molecule has 0 amide bonds. The van der Waals surface area contributed by atoms with Crippen molar-refractivity contribution in [2.24, 2.45) is 0 Å². The lowest BCUT2D eigenvalue weighted by Gasteiger charge is -2.08. The first-order valence-corrected chi connectivity index (χ1v) is 7.88. The van der Waals surface area contributed by atoms with Crippen LogP contribution in [0.3, 0.4) is 0 Å². The molecule has 0 aliphatic carbocycles. The van der Waals surface area contributed by atoms with Crippen molar-refractivity contribution in [3.63, 3.8) is 0 Å².